The number of H-pyrrole nitrogens is 1. The van der Waals surface area contributed by atoms with E-state index in [2.05, 4.69) is 10.3 Å². The van der Waals surface area contributed by atoms with E-state index in [4.69, 9.17) is 5.73 Å². The van der Waals surface area contributed by atoms with Crippen molar-refractivity contribution >= 4 is 32.3 Å². The smallest absolute Gasteiger partial charge is 0.253 e. The highest BCUT2D eigenvalue weighted by atomic mass is 32.2. The first kappa shape index (κ1) is 13.4. The fourth-order valence-corrected chi connectivity index (χ4v) is 2.24. The minimum Gasteiger partial charge on any atom is -0.399 e. The normalized spacial score (nSPS) is 11.6. The van der Waals surface area contributed by atoms with Crippen molar-refractivity contribution in [2.75, 3.05) is 24.3 Å². The van der Waals surface area contributed by atoms with Crippen molar-refractivity contribution in [3.05, 3.63) is 30.0 Å². The number of amides is 1. The van der Waals surface area contributed by atoms with Crippen LogP contribution < -0.4 is 11.1 Å². The lowest BCUT2D eigenvalue weighted by Crippen LogP contribution is -2.28. The first-order valence-corrected chi connectivity index (χ1v) is 7.75. The fraction of sp³-hybridized carbons (Fsp3) is 0.250. The van der Waals surface area contributed by atoms with Crippen LogP contribution in [0, 0.1) is 0 Å². The van der Waals surface area contributed by atoms with Crippen LogP contribution >= 0.6 is 0 Å². The molecule has 6 nitrogen and oxygen atoms in total. The second-order valence-corrected chi connectivity index (χ2v) is 6.65. The van der Waals surface area contributed by atoms with Gasteiger partial charge in [0.05, 0.1) is 11.3 Å². The molecule has 1 aromatic carbocycles. The maximum atomic E-state index is 12.0. The fourth-order valence-electron chi connectivity index (χ4n) is 1.77. The summed E-state index contributed by atoms with van der Waals surface area (Å²) in [6.45, 7) is 0.0899. The van der Waals surface area contributed by atoms with Crippen LogP contribution in [0.2, 0.25) is 0 Å². The highest BCUT2D eigenvalue weighted by Gasteiger charge is 2.12. The summed E-state index contributed by atoms with van der Waals surface area (Å²) in [5.74, 6) is -0.399. The third-order valence-corrected chi connectivity index (χ3v) is 3.65. The van der Waals surface area contributed by atoms with E-state index in [1.165, 1.54) is 0 Å². The largest absolute Gasteiger partial charge is 0.399 e. The topological polar surface area (TPSA) is 105 Å². The number of anilines is 1. The lowest BCUT2D eigenvalue weighted by Gasteiger charge is -2.03. The van der Waals surface area contributed by atoms with Gasteiger partial charge in [0.1, 0.15) is 9.84 Å². The molecule has 1 heterocycles. The quantitative estimate of drug-likeness (QED) is 0.711. The van der Waals surface area contributed by atoms with E-state index in [-0.39, 0.29) is 18.2 Å². The van der Waals surface area contributed by atoms with Gasteiger partial charge in [-0.05, 0) is 18.2 Å². The average Bonchev–Trinajstić information content (AvgIpc) is 2.69. The van der Waals surface area contributed by atoms with Crippen LogP contribution in [0.25, 0.3) is 10.9 Å². The predicted molar refractivity (Wildman–Crippen MR) is 74.8 cm³/mol. The molecule has 2 rings (SSSR count). The van der Waals surface area contributed by atoms with Gasteiger partial charge in [0.2, 0.25) is 0 Å². The number of aromatic amines is 1. The predicted octanol–water partition coefficient (Wildman–Crippen LogP) is 0.524. The Morgan fingerprint density at radius 2 is 2.16 bits per heavy atom. The number of hydrogen-bond donors (Lipinski definition) is 3. The molecule has 0 saturated heterocycles. The zero-order valence-corrected chi connectivity index (χ0v) is 11.3. The molecule has 0 aliphatic carbocycles. The third-order valence-electron chi connectivity index (χ3n) is 2.71. The van der Waals surface area contributed by atoms with E-state index in [9.17, 15) is 13.2 Å². The van der Waals surface area contributed by atoms with Gasteiger partial charge in [-0.3, -0.25) is 4.79 Å². The molecule has 0 spiro atoms. The molecule has 0 atom stereocenters. The standard InChI is InChI=1S/C12H15N3O3S/c1-19(17,18)5-4-14-12(16)10-7-15-11-3-2-8(13)6-9(10)11/h2-3,6-7,15H,4-5,13H2,1H3,(H,14,16). The SMILES string of the molecule is CS(=O)(=O)CCNC(=O)c1c[nH]c2ccc(N)cc12. The molecule has 1 aromatic heterocycles. The number of rotatable bonds is 4. The van der Waals surface area contributed by atoms with E-state index in [0.717, 1.165) is 17.2 Å². The number of sulfone groups is 1. The van der Waals surface area contributed by atoms with Gasteiger partial charge in [0.15, 0.2) is 0 Å². The van der Waals surface area contributed by atoms with Gasteiger partial charge >= 0.3 is 0 Å². The van der Waals surface area contributed by atoms with Crippen LogP contribution in [0.1, 0.15) is 10.4 Å². The summed E-state index contributed by atoms with van der Waals surface area (Å²) >= 11 is 0. The summed E-state index contributed by atoms with van der Waals surface area (Å²) in [5.41, 5.74) is 7.51. The second kappa shape index (κ2) is 4.93. The number of carbonyl (C=O) groups excluding carboxylic acids is 1. The molecule has 0 bridgehead atoms. The summed E-state index contributed by atoms with van der Waals surface area (Å²) in [7, 11) is -3.08. The molecule has 1 amide bonds. The Labute approximate surface area is 110 Å². The Morgan fingerprint density at radius 3 is 2.84 bits per heavy atom. The molecule has 102 valence electrons. The summed E-state index contributed by atoms with van der Waals surface area (Å²) in [5, 5.41) is 3.29. The number of fused-ring (bicyclic) bond motifs is 1. The summed E-state index contributed by atoms with van der Waals surface area (Å²) in [4.78, 5) is 14.9. The summed E-state index contributed by atoms with van der Waals surface area (Å²) in [6, 6.07) is 5.24. The number of benzene rings is 1. The Balaban J connectivity index is 2.15. The van der Waals surface area contributed by atoms with Crippen molar-refractivity contribution in [1.82, 2.24) is 10.3 Å². The number of aromatic nitrogens is 1. The highest BCUT2D eigenvalue weighted by Crippen LogP contribution is 2.20. The van der Waals surface area contributed by atoms with Gasteiger partial charge in [-0.25, -0.2) is 8.42 Å². The molecular formula is C12H15N3O3S. The first-order chi connectivity index (χ1) is 8.87. The van der Waals surface area contributed by atoms with Crippen molar-refractivity contribution in [3.63, 3.8) is 0 Å². The maximum absolute atomic E-state index is 12.0. The van der Waals surface area contributed by atoms with Crippen LogP contribution in [0.5, 0.6) is 0 Å². The molecule has 2 aromatic rings. The van der Waals surface area contributed by atoms with Crippen molar-refractivity contribution in [1.29, 1.82) is 0 Å². The Hall–Kier alpha value is -2.02. The molecule has 19 heavy (non-hydrogen) atoms. The van der Waals surface area contributed by atoms with Gasteiger partial charge in [-0.15, -0.1) is 0 Å². The second-order valence-electron chi connectivity index (χ2n) is 4.39. The monoisotopic (exact) mass is 281 g/mol. The van der Waals surface area contributed by atoms with Crippen LogP contribution in [0.3, 0.4) is 0 Å². The minimum atomic E-state index is -3.08. The van der Waals surface area contributed by atoms with E-state index in [1.807, 2.05) is 0 Å². The zero-order valence-electron chi connectivity index (χ0n) is 10.4. The molecular weight excluding hydrogens is 266 g/mol. The molecule has 4 N–H and O–H groups in total. The van der Waals surface area contributed by atoms with Crippen molar-refractivity contribution < 1.29 is 13.2 Å². The molecule has 0 unspecified atom stereocenters. The molecule has 7 heteroatoms. The number of hydrogen-bond acceptors (Lipinski definition) is 4. The molecule has 0 saturated carbocycles. The molecule has 0 radical (unpaired) electrons. The van der Waals surface area contributed by atoms with Crippen LogP contribution in [-0.2, 0) is 9.84 Å². The van der Waals surface area contributed by atoms with Crippen molar-refractivity contribution in [2.45, 2.75) is 0 Å². The number of nitrogens with two attached hydrogens (primary N) is 1. The summed E-state index contributed by atoms with van der Waals surface area (Å²) < 4.78 is 22.0. The van der Waals surface area contributed by atoms with Gasteiger partial charge < -0.3 is 16.0 Å². The molecule has 0 fully saturated rings. The van der Waals surface area contributed by atoms with Gasteiger partial charge in [-0.2, -0.15) is 0 Å². The van der Waals surface area contributed by atoms with Gasteiger partial charge in [0, 0.05) is 35.6 Å². The van der Waals surface area contributed by atoms with Crippen LogP contribution in [0.4, 0.5) is 5.69 Å². The van der Waals surface area contributed by atoms with Crippen LogP contribution in [-0.4, -0.2) is 37.9 Å². The zero-order chi connectivity index (χ0) is 14.0. The third kappa shape index (κ3) is 3.25. The van der Waals surface area contributed by atoms with E-state index >= 15 is 0 Å². The lowest BCUT2D eigenvalue weighted by atomic mass is 10.1. The summed E-state index contributed by atoms with van der Waals surface area (Å²) in [6.07, 6.45) is 2.71. The van der Waals surface area contributed by atoms with E-state index in [1.54, 1.807) is 24.4 Å². The Bertz CT molecular complexity index is 719. The van der Waals surface area contributed by atoms with Crippen molar-refractivity contribution in [2.24, 2.45) is 0 Å². The van der Waals surface area contributed by atoms with Crippen molar-refractivity contribution in [3.8, 4) is 0 Å². The number of carbonyl (C=O) groups is 1. The Morgan fingerprint density at radius 1 is 1.42 bits per heavy atom. The number of nitrogens with one attached hydrogen (secondary N) is 2. The Kier molecular flexibility index (Phi) is 3.48. The minimum absolute atomic E-state index is 0.0801. The lowest BCUT2D eigenvalue weighted by molar-refractivity contribution is 0.0958. The maximum Gasteiger partial charge on any atom is 0.253 e. The molecule has 0 aliphatic heterocycles. The van der Waals surface area contributed by atoms with Gasteiger partial charge in [0.25, 0.3) is 5.91 Å². The first-order valence-electron chi connectivity index (χ1n) is 5.69. The van der Waals surface area contributed by atoms with E-state index in [0.29, 0.717) is 11.3 Å². The van der Waals surface area contributed by atoms with Crippen LogP contribution in [0.15, 0.2) is 24.4 Å². The number of nitrogen functional groups attached to an aromatic ring is 1. The van der Waals surface area contributed by atoms with Gasteiger partial charge in [-0.1, -0.05) is 0 Å². The highest BCUT2D eigenvalue weighted by molar-refractivity contribution is 7.90. The average molecular weight is 281 g/mol. The molecule has 0 aliphatic rings. The van der Waals surface area contributed by atoms with E-state index < -0.39 is 9.84 Å².